The van der Waals surface area contributed by atoms with Crippen molar-refractivity contribution < 1.29 is 9.66 Å². The zero-order valence-electron chi connectivity index (χ0n) is 11.2. The molecule has 0 heterocycles. The normalized spacial score (nSPS) is 10.3. The third-order valence-electron chi connectivity index (χ3n) is 2.97. The van der Waals surface area contributed by atoms with Crippen LogP contribution < -0.4 is 4.74 Å². The van der Waals surface area contributed by atoms with Crippen molar-refractivity contribution in [2.45, 2.75) is 20.5 Å². The quantitative estimate of drug-likeness (QED) is 0.608. The summed E-state index contributed by atoms with van der Waals surface area (Å²) in [6, 6.07) is 11.0. The van der Waals surface area contributed by atoms with Crippen LogP contribution in [-0.4, -0.2) is 4.92 Å². The van der Waals surface area contributed by atoms with Crippen molar-refractivity contribution in [2.24, 2.45) is 0 Å². The lowest BCUT2D eigenvalue weighted by molar-refractivity contribution is -0.385. The molecule has 104 valence electrons. The second-order valence-corrected chi connectivity index (χ2v) is 5.50. The Kier molecular flexibility index (Phi) is 4.39. The molecule has 2 aromatic rings. The monoisotopic (exact) mass is 335 g/mol. The van der Waals surface area contributed by atoms with Gasteiger partial charge in [-0.3, -0.25) is 10.1 Å². The average molecular weight is 336 g/mol. The van der Waals surface area contributed by atoms with Crippen LogP contribution >= 0.6 is 15.9 Å². The number of benzene rings is 2. The van der Waals surface area contributed by atoms with Crippen molar-refractivity contribution in [3.05, 3.63) is 67.7 Å². The van der Waals surface area contributed by atoms with Crippen molar-refractivity contribution in [2.75, 3.05) is 0 Å². The lowest BCUT2D eigenvalue weighted by atomic mass is 10.1. The maximum Gasteiger partial charge on any atom is 0.276 e. The summed E-state index contributed by atoms with van der Waals surface area (Å²) >= 11 is 3.40. The van der Waals surface area contributed by atoms with E-state index in [0.29, 0.717) is 17.9 Å². The molecule has 5 heteroatoms. The van der Waals surface area contributed by atoms with Gasteiger partial charge in [0.15, 0.2) is 0 Å². The van der Waals surface area contributed by atoms with Crippen LogP contribution in [-0.2, 0) is 6.61 Å². The summed E-state index contributed by atoms with van der Waals surface area (Å²) in [7, 11) is 0. The smallest absolute Gasteiger partial charge is 0.276 e. The number of rotatable bonds is 4. The summed E-state index contributed by atoms with van der Waals surface area (Å²) in [6.07, 6.45) is 0. The fraction of sp³-hybridized carbons (Fsp3) is 0.200. The van der Waals surface area contributed by atoms with Crippen LogP contribution in [0.15, 0.2) is 40.9 Å². The van der Waals surface area contributed by atoms with Crippen LogP contribution in [0.4, 0.5) is 5.69 Å². The lowest BCUT2D eigenvalue weighted by Crippen LogP contribution is -1.99. The SMILES string of the molecule is Cc1cc(C)c([N+](=O)[O-])cc1OCc1cccc(Br)c1. The summed E-state index contributed by atoms with van der Waals surface area (Å²) in [5, 5.41) is 10.9. The van der Waals surface area contributed by atoms with Crippen molar-refractivity contribution in [1.82, 2.24) is 0 Å². The van der Waals surface area contributed by atoms with Gasteiger partial charge in [-0.15, -0.1) is 0 Å². The molecule has 0 N–H and O–H groups in total. The van der Waals surface area contributed by atoms with E-state index >= 15 is 0 Å². The Balaban J connectivity index is 2.21. The molecule has 0 spiro atoms. The molecule has 0 aliphatic carbocycles. The van der Waals surface area contributed by atoms with Crippen LogP contribution in [0.1, 0.15) is 16.7 Å². The van der Waals surface area contributed by atoms with E-state index in [1.807, 2.05) is 31.2 Å². The number of nitrogens with zero attached hydrogens (tertiary/aromatic N) is 1. The fourth-order valence-corrected chi connectivity index (χ4v) is 2.41. The first-order valence-electron chi connectivity index (χ1n) is 6.10. The molecule has 0 amide bonds. The molecule has 2 aromatic carbocycles. The van der Waals surface area contributed by atoms with Gasteiger partial charge in [-0.2, -0.15) is 0 Å². The Morgan fingerprint density at radius 3 is 2.60 bits per heavy atom. The van der Waals surface area contributed by atoms with Gasteiger partial charge in [0, 0.05) is 10.0 Å². The highest BCUT2D eigenvalue weighted by atomic mass is 79.9. The van der Waals surface area contributed by atoms with Gasteiger partial charge in [0.1, 0.15) is 12.4 Å². The highest BCUT2D eigenvalue weighted by Gasteiger charge is 2.14. The Bertz CT molecular complexity index is 656. The van der Waals surface area contributed by atoms with E-state index < -0.39 is 0 Å². The second-order valence-electron chi connectivity index (χ2n) is 4.58. The van der Waals surface area contributed by atoms with Crippen molar-refractivity contribution >= 4 is 21.6 Å². The molecular weight excluding hydrogens is 322 g/mol. The number of halogens is 1. The zero-order chi connectivity index (χ0) is 14.7. The predicted octanol–water partition coefficient (Wildman–Crippen LogP) is 4.55. The molecule has 0 fully saturated rings. The van der Waals surface area contributed by atoms with Gasteiger partial charge in [-0.25, -0.2) is 0 Å². The van der Waals surface area contributed by atoms with E-state index in [1.54, 1.807) is 13.0 Å². The van der Waals surface area contributed by atoms with Crippen LogP contribution in [0.5, 0.6) is 5.75 Å². The van der Waals surface area contributed by atoms with Crippen LogP contribution in [0.3, 0.4) is 0 Å². The molecule has 0 aliphatic heterocycles. The molecule has 2 rings (SSSR count). The van der Waals surface area contributed by atoms with Crippen LogP contribution in [0.25, 0.3) is 0 Å². The van der Waals surface area contributed by atoms with Crippen molar-refractivity contribution in [1.29, 1.82) is 0 Å². The molecule has 0 aromatic heterocycles. The Hall–Kier alpha value is -1.88. The molecule has 0 saturated heterocycles. The van der Waals surface area contributed by atoms with Gasteiger partial charge in [-0.1, -0.05) is 28.1 Å². The number of hydrogen-bond donors (Lipinski definition) is 0. The summed E-state index contributed by atoms with van der Waals surface area (Å²) in [5.74, 6) is 0.544. The van der Waals surface area contributed by atoms with Gasteiger partial charge in [0.05, 0.1) is 11.0 Å². The minimum atomic E-state index is -0.388. The average Bonchev–Trinajstić information content (AvgIpc) is 2.37. The van der Waals surface area contributed by atoms with Crippen molar-refractivity contribution in [3.63, 3.8) is 0 Å². The number of aryl methyl sites for hydroxylation is 2. The van der Waals surface area contributed by atoms with E-state index in [-0.39, 0.29) is 10.6 Å². The largest absolute Gasteiger partial charge is 0.488 e. The van der Waals surface area contributed by atoms with Crippen LogP contribution in [0.2, 0.25) is 0 Å². The summed E-state index contributed by atoms with van der Waals surface area (Å²) in [5.41, 5.74) is 2.62. The van der Waals surface area contributed by atoms with Crippen LogP contribution in [0, 0.1) is 24.0 Å². The summed E-state index contributed by atoms with van der Waals surface area (Å²) in [4.78, 5) is 10.6. The second kappa shape index (κ2) is 6.05. The van der Waals surface area contributed by atoms with Gasteiger partial charge in [0.25, 0.3) is 5.69 Å². The topological polar surface area (TPSA) is 52.4 Å². The third-order valence-corrected chi connectivity index (χ3v) is 3.47. The first-order chi connectivity index (χ1) is 9.47. The molecular formula is C15H14BrNO3. The molecule has 0 bridgehead atoms. The molecule has 20 heavy (non-hydrogen) atoms. The number of ether oxygens (including phenoxy) is 1. The van der Waals surface area contributed by atoms with Gasteiger partial charge < -0.3 is 4.74 Å². The highest BCUT2D eigenvalue weighted by Crippen LogP contribution is 2.28. The third kappa shape index (κ3) is 3.36. The van der Waals surface area contributed by atoms with E-state index in [9.17, 15) is 10.1 Å². The van der Waals surface area contributed by atoms with Gasteiger partial charge >= 0.3 is 0 Å². The van der Waals surface area contributed by atoms with E-state index in [0.717, 1.165) is 15.6 Å². The number of nitro groups is 1. The first kappa shape index (κ1) is 14.5. The maximum absolute atomic E-state index is 10.9. The van der Waals surface area contributed by atoms with Crippen molar-refractivity contribution in [3.8, 4) is 5.75 Å². The lowest BCUT2D eigenvalue weighted by Gasteiger charge is -2.10. The first-order valence-corrected chi connectivity index (χ1v) is 6.89. The molecule has 0 unspecified atom stereocenters. The van der Waals surface area contributed by atoms with Gasteiger partial charge in [0.2, 0.25) is 0 Å². The molecule has 0 aliphatic rings. The summed E-state index contributed by atoms with van der Waals surface area (Å²) in [6.45, 7) is 3.98. The number of hydrogen-bond acceptors (Lipinski definition) is 3. The summed E-state index contributed by atoms with van der Waals surface area (Å²) < 4.78 is 6.68. The van der Waals surface area contributed by atoms with E-state index in [4.69, 9.17) is 4.74 Å². The van der Waals surface area contributed by atoms with Gasteiger partial charge in [-0.05, 0) is 43.2 Å². The maximum atomic E-state index is 10.9. The Labute approximate surface area is 125 Å². The predicted molar refractivity (Wildman–Crippen MR) is 81.0 cm³/mol. The minimum absolute atomic E-state index is 0.0832. The Morgan fingerprint density at radius 2 is 1.95 bits per heavy atom. The highest BCUT2D eigenvalue weighted by molar-refractivity contribution is 9.10. The molecule has 0 saturated carbocycles. The zero-order valence-corrected chi connectivity index (χ0v) is 12.8. The Morgan fingerprint density at radius 1 is 1.20 bits per heavy atom. The molecule has 0 radical (unpaired) electrons. The number of nitro benzene ring substituents is 1. The van der Waals surface area contributed by atoms with E-state index in [2.05, 4.69) is 15.9 Å². The standard InChI is InChI=1S/C15H14BrNO3/c1-10-6-11(2)15(8-14(10)17(18)19)20-9-12-4-3-5-13(16)7-12/h3-8H,9H2,1-2H3. The molecule has 0 atom stereocenters. The van der Waals surface area contributed by atoms with E-state index in [1.165, 1.54) is 6.07 Å². The minimum Gasteiger partial charge on any atom is -0.488 e. The fourth-order valence-electron chi connectivity index (χ4n) is 1.96. The molecule has 4 nitrogen and oxygen atoms in total.